The third kappa shape index (κ3) is 3.44. The molecule has 1 aromatic rings. The summed E-state index contributed by atoms with van der Waals surface area (Å²) in [7, 11) is 0. The van der Waals surface area contributed by atoms with E-state index >= 15 is 0 Å². The number of carbonyl (C=O) groups excluding carboxylic acids is 2. The minimum absolute atomic E-state index is 0.0458. The number of carbonyl (C=O) groups is 2. The Labute approximate surface area is 147 Å². The zero-order valence-corrected chi connectivity index (χ0v) is 14.0. The first-order valence-corrected chi connectivity index (χ1v) is 8.17. The number of amides is 2. The summed E-state index contributed by atoms with van der Waals surface area (Å²) in [6.07, 6.45) is -4.23. The number of benzene rings is 1. The number of nitrogens with one attached hydrogen (secondary N) is 2. The summed E-state index contributed by atoms with van der Waals surface area (Å²) in [5, 5.41) is 9.17. The van der Waals surface area contributed by atoms with Gasteiger partial charge < -0.3 is 15.0 Å². The maximum absolute atomic E-state index is 12.7. The highest BCUT2D eigenvalue weighted by molar-refractivity contribution is 6.09. The van der Waals surface area contributed by atoms with Crippen LogP contribution in [0.2, 0.25) is 0 Å². The number of amidine groups is 1. The number of hydrogen-bond acceptors (Lipinski definition) is 4. The molecule has 3 rings (SSSR count). The summed E-state index contributed by atoms with van der Waals surface area (Å²) >= 11 is 0. The first-order chi connectivity index (χ1) is 12.2. The highest BCUT2D eigenvalue weighted by atomic mass is 19.4. The predicted molar refractivity (Wildman–Crippen MR) is 85.7 cm³/mol. The molecule has 1 fully saturated rings. The largest absolute Gasteiger partial charge is 0.471 e. The third-order valence-electron chi connectivity index (χ3n) is 4.79. The maximum atomic E-state index is 12.7. The Hall–Kier alpha value is -2.42. The summed E-state index contributed by atoms with van der Waals surface area (Å²) in [5.41, 5.74) is 1.13. The van der Waals surface area contributed by atoms with Gasteiger partial charge in [0.25, 0.3) is 5.91 Å². The number of halogens is 3. The Kier molecular flexibility index (Phi) is 4.74. The van der Waals surface area contributed by atoms with Crippen molar-refractivity contribution in [2.45, 2.75) is 32.1 Å². The quantitative estimate of drug-likeness (QED) is 0.619. The van der Waals surface area contributed by atoms with Gasteiger partial charge in [-0.1, -0.05) is 19.1 Å². The van der Waals surface area contributed by atoms with Gasteiger partial charge >= 0.3 is 12.1 Å². The molecule has 140 valence electrons. The van der Waals surface area contributed by atoms with Crippen LogP contribution >= 0.6 is 0 Å². The van der Waals surface area contributed by atoms with Crippen molar-refractivity contribution in [2.75, 3.05) is 13.2 Å². The van der Waals surface area contributed by atoms with Gasteiger partial charge in [0.05, 0.1) is 12.6 Å². The average Bonchev–Trinajstić information content (AvgIpc) is 2.90. The lowest BCUT2D eigenvalue weighted by Gasteiger charge is -2.35. The van der Waals surface area contributed by atoms with Crippen molar-refractivity contribution in [1.29, 1.82) is 5.41 Å². The van der Waals surface area contributed by atoms with Crippen molar-refractivity contribution >= 4 is 17.6 Å². The molecular weight excluding hydrogens is 351 g/mol. The molecule has 2 amide bonds. The fraction of sp³-hybridized carbons (Fsp3) is 0.471. The Bertz CT molecular complexity index is 763. The highest BCUT2D eigenvalue weighted by Gasteiger charge is 2.40. The molecule has 2 atom stereocenters. The fourth-order valence-corrected chi connectivity index (χ4v) is 3.23. The van der Waals surface area contributed by atoms with Crippen LogP contribution in [0.4, 0.5) is 13.2 Å². The van der Waals surface area contributed by atoms with Crippen molar-refractivity contribution in [2.24, 2.45) is 5.92 Å². The van der Waals surface area contributed by atoms with Gasteiger partial charge in [-0.25, -0.2) is 0 Å². The number of hydrogen-bond donors (Lipinski definition) is 2. The summed E-state index contributed by atoms with van der Waals surface area (Å²) in [6, 6.07) is 4.32. The van der Waals surface area contributed by atoms with E-state index in [1.165, 1.54) is 17.4 Å². The molecule has 0 aliphatic carbocycles. The van der Waals surface area contributed by atoms with Gasteiger partial charge in [-0.3, -0.25) is 15.0 Å². The summed E-state index contributed by atoms with van der Waals surface area (Å²) in [4.78, 5) is 25.4. The zero-order chi connectivity index (χ0) is 19.1. The molecule has 26 heavy (non-hydrogen) atoms. The Morgan fingerprint density at radius 3 is 2.77 bits per heavy atom. The molecule has 0 radical (unpaired) electrons. The van der Waals surface area contributed by atoms with Crippen LogP contribution in [0.25, 0.3) is 0 Å². The number of alkyl halides is 3. The van der Waals surface area contributed by atoms with Crippen molar-refractivity contribution in [1.82, 2.24) is 10.2 Å². The van der Waals surface area contributed by atoms with Gasteiger partial charge in [0.2, 0.25) is 0 Å². The molecule has 2 N–H and O–H groups in total. The number of rotatable bonds is 2. The van der Waals surface area contributed by atoms with Gasteiger partial charge in [-0.2, -0.15) is 13.2 Å². The molecule has 1 saturated heterocycles. The molecule has 2 aliphatic rings. The van der Waals surface area contributed by atoms with E-state index in [1.807, 2.05) is 0 Å². The van der Waals surface area contributed by atoms with E-state index < -0.39 is 17.9 Å². The first kappa shape index (κ1) is 18.4. The number of nitrogens with zero attached hydrogens (tertiary/aromatic N) is 1. The molecule has 0 bridgehead atoms. The molecule has 0 saturated carbocycles. The minimum atomic E-state index is -5.08. The summed E-state index contributed by atoms with van der Waals surface area (Å²) in [5.74, 6) is -2.87. The molecule has 1 aromatic carbocycles. The molecule has 6 nitrogen and oxygen atoms in total. The van der Waals surface area contributed by atoms with Crippen molar-refractivity contribution in [3.63, 3.8) is 0 Å². The van der Waals surface area contributed by atoms with Gasteiger partial charge in [0.1, 0.15) is 5.84 Å². The fourth-order valence-electron chi connectivity index (χ4n) is 3.23. The van der Waals surface area contributed by atoms with Crippen LogP contribution in [-0.4, -0.2) is 48.0 Å². The van der Waals surface area contributed by atoms with Crippen molar-refractivity contribution in [3.05, 3.63) is 34.9 Å². The SMILES string of the molecule is CC1CCOC[C@@H]1N1Cc2ccc(C(=N)NC(=O)C(F)(F)F)cc2C1=O. The molecule has 2 heterocycles. The second-order valence-electron chi connectivity index (χ2n) is 6.54. The van der Waals surface area contributed by atoms with Gasteiger partial charge in [0.15, 0.2) is 0 Å². The molecule has 1 unspecified atom stereocenters. The molecule has 9 heteroatoms. The Morgan fingerprint density at radius 2 is 2.12 bits per heavy atom. The monoisotopic (exact) mass is 369 g/mol. The zero-order valence-electron chi connectivity index (χ0n) is 14.0. The van der Waals surface area contributed by atoms with Crippen LogP contribution in [0, 0.1) is 11.3 Å². The summed E-state index contributed by atoms with van der Waals surface area (Å²) < 4.78 is 42.4. The topological polar surface area (TPSA) is 82.5 Å². The van der Waals surface area contributed by atoms with Crippen LogP contribution in [0.1, 0.15) is 34.8 Å². The lowest BCUT2D eigenvalue weighted by Crippen LogP contribution is -2.46. The first-order valence-electron chi connectivity index (χ1n) is 8.17. The van der Waals surface area contributed by atoms with E-state index in [2.05, 4.69) is 6.92 Å². The van der Waals surface area contributed by atoms with Gasteiger partial charge in [-0.15, -0.1) is 0 Å². The molecule has 0 spiro atoms. The number of ether oxygens (including phenoxy) is 1. The van der Waals surface area contributed by atoms with E-state index in [0.29, 0.717) is 25.3 Å². The lowest BCUT2D eigenvalue weighted by molar-refractivity contribution is -0.171. The second-order valence-corrected chi connectivity index (χ2v) is 6.54. The van der Waals surface area contributed by atoms with Gasteiger partial charge in [-0.05, 0) is 24.0 Å². The predicted octanol–water partition coefficient (Wildman–Crippen LogP) is 2.07. The van der Waals surface area contributed by atoms with Crippen LogP contribution < -0.4 is 5.32 Å². The van der Waals surface area contributed by atoms with Gasteiger partial charge in [0, 0.05) is 24.3 Å². The third-order valence-corrected chi connectivity index (χ3v) is 4.79. The van der Waals surface area contributed by atoms with E-state index in [1.54, 1.807) is 11.0 Å². The van der Waals surface area contributed by atoms with E-state index in [4.69, 9.17) is 10.1 Å². The van der Waals surface area contributed by atoms with E-state index in [9.17, 15) is 22.8 Å². The van der Waals surface area contributed by atoms with E-state index in [-0.39, 0.29) is 23.4 Å². The Morgan fingerprint density at radius 1 is 1.38 bits per heavy atom. The number of fused-ring (bicyclic) bond motifs is 1. The van der Waals surface area contributed by atoms with Crippen LogP contribution in [0.15, 0.2) is 18.2 Å². The molecular formula is C17H18F3N3O3. The highest BCUT2D eigenvalue weighted by Crippen LogP contribution is 2.30. The summed E-state index contributed by atoms with van der Waals surface area (Å²) in [6.45, 7) is 3.56. The maximum Gasteiger partial charge on any atom is 0.471 e. The van der Waals surface area contributed by atoms with E-state index in [0.717, 1.165) is 12.0 Å². The normalized spacial score (nSPS) is 22.9. The second kappa shape index (κ2) is 6.71. The smallest absolute Gasteiger partial charge is 0.379 e. The van der Waals surface area contributed by atoms with Crippen molar-refractivity contribution in [3.8, 4) is 0 Å². The van der Waals surface area contributed by atoms with Crippen LogP contribution in [0.5, 0.6) is 0 Å². The average molecular weight is 369 g/mol. The van der Waals surface area contributed by atoms with Crippen molar-refractivity contribution < 1.29 is 27.5 Å². The standard InChI is InChI=1S/C17H18F3N3O3/c1-9-4-5-26-8-13(9)23-7-11-3-2-10(6-12(11)15(23)24)14(21)22-16(25)17(18,19)20/h2-3,6,9,13H,4-5,7-8H2,1H3,(H2,21,22,25)/t9?,13-/m0/s1. The molecule has 0 aromatic heterocycles. The lowest BCUT2D eigenvalue weighted by atomic mass is 9.96. The Balaban J connectivity index is 1.78. The minimum Gasteiger partial charge on any atom is -0.379 e. The van der Waals surface area contributed by atoms with Crippen LogP contribution in [0.3, 0.4) is 0 Å². The molecule has 2 aliphatic heterocycles. The van der Waals surface area contributed by atoms with Crippen LogP contribution in [-0.2, 0) is 16.1 Å².